The standard InChI is InChI=1S/C13H18N2O2S2/c1-10-3-4-12(11(9-10)13(14)18)15-5-2-7-19(16,17)8-6-15/h3-4,9H,2,5-8H2,1H3,(H2,14,18). The largest absolute Gasteiger partial charge is 0.389 e. The minimum absolute atomic E-state index is 0.192. The molecule has 0 radical (unpaired) electrons. The van der Waals surface area contributed by atoms with Crippen molar-refractivity contribution < 1.29 is 8.42 Å². The summed E-state index contributed by atoms with van der Waals surface area (Å²) in [6, 6.07) is 5.93. The Hall–Kier alpha value is -1.14. The molecule has 0 aliphatic carbocycles. The van der Waals surface area contributed by atoms with E-state index in [1.165, 1.54) is 0 Å². The Bertz CT molecular complexity index is 597. The van der Waals surface area contributed by atoms with Crippen LogP contribution < -0.4 is 10.6 Å². The minimum Gasteiger partial charge on any atom is -0.389 e. The van der Waals surface area contributed by atoms with Crippen LogP contribution in [0.2, 0.25) is 0 Å². The highest BCUT2D eigenvalue weighted by atomic mass is 32.2. The van der Waals surface area contributed by atoms with E-state index in [2.05, 4.69) is 4.90 Å². The van der Waals surface area contributed by atoms with Gasteiger partial charge in [0.1, 0.15) is 4.99 Å². The Morgan fingerprint density at radius 2 is 2.05 bits per heavy atom. The molecule has 4 nitrogen and oxygen atoms in total. The second kappa shape index (κ2) is 5.46. The molecule has 0 amide bonds. The molecule has 0 saturated carbocycles. The fourth-order valence-corrected chi connectivity index (χ4v) is 3.74. The Morgan fingerprint density at radius 1 is 1.32 bits per heavy atom. The monoisotopic (exact) mass is 298 g/mol. The van der Waals surface area contributed by atoms with Crippen LogP contribution in [0.5, 0.6) is 0 Å². The summed E-state index contributed by atoms with van der Waals surface area (Å²) in [6.07, 6.45) is 0.646. The minimum atomic E-state index is -2.91. The van der Waals surface area contributed by atoms with E-state index >= 15 is 0 Å². The third kappa shape index (κ3) is 3.45. The molecule has 0 atom stereocenters. The van der Waals surface area contributed by atoms with Crippen LogP contribution in [0.25, 0.3) is 0 Å². The molecule has 1 heterocycles. The zero-order valence-corrected chi connectivity index (χ0v) is 12.6. The third-order valence-corrected chi connectivity index (χ3v) is 5.25. The van der Waals surface area contributed by atoms with Gasteiger partial charge in [-0.05, 0) is 25.5 Å². The van der Waals surface area contributed by atoms with Crippen molar-refractivity contribution in [3.8, 4) is 0 Å². The van der Waals surface area contributed by atoms with E-state index in [1.54, 1.807) is 0 Å². The van der Waals surface area contributed by atoms with E-state index in [9.17, 15) is 8.42 Å². The van der Waals surface area contributed by atoms with Crippen molar-refractivity contribution in [2.24, 2.45) is 5.73 Å². The summed E-state index contributed by atoms with van der Waals surface area (Å²) >= 11 is 5.09. The number of nitrogens with two attached hydrogens (primary N) is 1. The molecular formula is C13H18N2O2S2. The van der Waals surface area contributed by atoms with Crippen molar-refractivity contribution in [1.82, 2.24) is 0 Å². The van der Waals surface area contributed by atoms with E-state index in [0.29, 0.717) is 18.0 Å². The SMILES string of the molecule is Cc1ccc(N2CCCS(=O)(=O)CC2)c(C(N)=S)c1. The molecular weight excluding hydrogens is 280 g/mol. The van der Waals surface area contributed by atoms with Gasteiger partial charge in [-0.25, -0.2) is 8.42 Å². The number of benzene rings is 1. The summed E-state index contributed by atoms with van der Waals surface area (Å²) in [6.45, 7) is 3.21. The third-order valence-electron chi connectivity index (χ3n) is 3.31. The highest BCUT2D eigenvalue weighted by Crippen LogP contribution is 2.23. The molecule has 2 rings (SSSR count). The summed E-state index contributed by atoms with van der Waals surface area (Å²) in [5, 5.41) is 0. The molecule has 1 saturated heterocycles. The molecule has 19 heavy (non-hydrogen) atoms. The van der Waals surface area contributed by atoms with Crippen molar-refractivity contribution >= 4 is 32.7 Å². The zero-order chi connectivity index (χ0) is 14.0. The maximum absolute atomic E-state index is 11.6. The summed E-state index contributed by atoms with van der Waals surface area (Å²) in [5.74, 6) is 0.454. The molecule has 0 spiro atoms. The van der Waals surface area contributed by atoms with Crippen molar-refractivity contribution in [3.63, 3.8) is 0 Å². The summed E-state index contributed by atoms with van der Waals surface area (Å²) in [4.78, 5) is 2.42. The van der Waals surface area contributed by atoms with Crippen LogP contribution in [0.15, 0.2) is 18.2 Å². The van der Waals surface area contributed by atoms with E-state index < -0.39 is 9.84 Å². The Morgan fingerprint density at radius 3 is 2.74 bits per heavy atom. The zero-order valence-electron chi connectivity index (χ0n) is 10.9. The first-order chi connectivity index (χ1) is 8.89. The molecule has 1 aromatic rings. The molecule has 104 valence electrons. The fourth-order valence-electron chi connectivity index (χ4n) is 2.30. The van der Waals surface area contributed by atoms with Crippen LogP contribution in [0.3, 0.4) is 0 Å². The number of thiocarbonyl (C=S) groups is 1. The van der Waals surface area contributed by atoms with Gasteiger partial charge in [0.15, 0.2) is 9.84 Å². The summed E-state index contributed by atoms with van der Waals surface area (Å²) in [7, 11) is -2.91. The predicted octanol–water partition coefficient (Wildman–Crippen LogP) is 1.25. The van der Waals surface area contributed by atoms with Gasteiger partial charge >= 0.3 is 0 Å². The Kier molecular flexibility index (Phi) is 4.10. The number of rotatable bonds is 2. The second-order valence-corrected chi connectivity index (χ2v) is 7.62. The average Bonchev–Trinajstić information content (AvgIpc) is 2.50. The molecule has 2 N–H and O–H groups in total. The molecule has 0 aromatic heterocycles. The fraction of sp³-hybridized carbons (Fsp3) is 0.462. The van der Waals surface area contributed by atoms with Gasteiger partial charge in [0, 0.05) is 24.3 Å². The van der Waals surface area contributed by atoms with E-state index in [1.807, 2.05) is 25.1 Å². The average molecular weight is 298 g/mol. The van der Waals surface area contributed by atoms with Crippen LogP contribution in [0.4, 0.5) is 5.69 Å². The van der Waals surface area contributed by atoms with Gasteiger partial charge in [-0.1, -0.05) is 23.8 Å². The highest BCUT2D eigenvalue weighted by Gasteiger charge is 2.21. The van der Waals surface area contributed by atoms with Gasteiger partial charge in [-0.15, -0.1) is 0 Å². The topological polar surface area (TPSA) is 63.4 Å². The molecule has 1 fully saturated rings. The molecule has 6 heteroatoms. The lowest BCUT2D eigenvalue weighted by Crippen LogP contribution is -2.29. The molecule has 1 aliphatic rings. The number of anilines is 1. The Labute approximate surface area is 119 Å². The van der Waals surface area contributed by atoms with Crippen LogP contribution in [0, 0.1) is 6.92 Å². The van der Waals surface area contributed by atoms with Crippen LogP contribution in [-0.4, -0.2) is 38.0 Å². The van der Waals surface area contributed by atoms with Crippen molar-refractivity contribution in [1.29, 1.82) is 0 Å². The number of hydrogen-bond acceptors (Lipinski definition) is 4. The van der Waals surface area contributed by atoms with Gasteiger partial charge in [-0.3, -0.25) is 0 Å². The van der Waals surface area contributed by atoms with Gasteiger partial charge in [-0.2, -0.15) is 0 Å². The molecule has 0 unspecified atom stereocenters. The Balaban J connectivity index is 2.34. The first-order valence-electron chi connectivity index (χ1n) is 6.25. The lowest BCUT2D eigenvalue weighted by Gasteiger charge is -2.25. The molecule has 1 aliphatic heterocycles. The normalized spacial score (nSPS) is 18.9. The van der Waals surface area contributed by atoms with Gasteiger partial charge in [0.25, 0.3) is 0 Å². The quantitative estimate of drug-likeness (QED) is 0.833. The van der Waals surface area contributed by atoms with E-state index in [4.69, 9.17) is 18.0 Å². The maximum atomic E-state index is 11.6. The molecule has 0 bridgehead atoms. The smallest absolute Gasteiger partial charge is 0.152 e. The number of hydrogen-bond donors (Lipinski definition) is 1. The van der Waals surface area contributed by atoms with Crippen LogP contribution >= 0.6 is 12.2 Å². The highest BCUT2D eigenvalue weighted by molar-refractivity contribution is 7.91. The predicted molar refractivity (Wildman–Crippen MR) is 82.6 cm³/mol. The second-order valence-electron chi connectivity index (χ2n) is 4.88. The van der Waals surface area contributed by atoms with E-state index in [0.717, 1.165) is 23.4 Å². The first-order valence-corrected chi connectivity index (χ1v) is 8.48. The number of sulfone groups is 1. The van der Waals surface area contributed by atoms with Gasteiger partial charge < -0.3 is 10.6 Å². The summed E-state index contributed by atoms with van der Waals surface area (Å²) < 4.78 is 23.3. The first kappa shape index (κ1) is 14.3. The van der Waals surface area contributed by atoms with Crippen LogP contribution in [0.1, 0.15) is 17.5 Å². The van der Waals surface area contributed by atoms with Crippen molar-refractivity contribution in [2.45, 2.75) is 13.3 Å². The number of nitrogens with zero attached hydrogens (tertiary/aromatic N) is 1. The number of aryl methyl sites for hydroxylation is 1. The lowest BCUT2D eigenvalue weighted by atomic mass is 10.1. The lowest BCUT2D eigenvalue weighted by molar-refractivity contribution is 0.597. The van der Waals surface area contributed by atoms with E-state index in [-0.39, 0.29) is 11.5 Å². The maximum Gasteiger partial charge on any atom is 0.152 e. The van der Waals surface area contributed by atoms with Gasteiger partial charge in [0.2, 0.25) is 0 Å². The van der Waals surface area contributed by atoms with Crippen molar-refractivity contribution in [2.75, 3.05) is 29.5 Å². The summed E-state index contributed by atoms with van der Waals surface area (Å²) in [5.41, 5.74) is 8.63. The van der Waals surface area contributed by atoms with Crippen LogP contribution in [-0.2, 0) is 9.84 Å². The van der Waals surface area contributed by atoms with Crippen molar-refractivity contribution in [3.05, 3.63) is 29.3 Å². The van der Waals surface area contributed by atoms with Gasteiger partial charge in [0.05, 0.1) is 11.5 Å². The molecule has 1 aromatic carbocycles.